The summed E-state index contributed by atoms with van der Waals surface area (Å²) in [5.74, 6) is 1.99. The fourth-order valence-corrected chi connectivity index (χ4v) is 5.33. The highest BCUT2D eigenvalue weighted by Crippen LogP contribution is 2.30. The highest BCUT2D eigenvalue weighted by molar-refractivity contribution is 7.97. The van der Waals surface area contributed by atoms with Crippen LogP contribution in [-0.2, 0) is 0 Å². The third-order valence-corrected chi connectivity index (χ3v) is 7.76. The molecule has 0 saturated carbocycles. The maximum Gasteiger partial charge on any atom is 0.228 e. The number of thiazole rings is 1. The van der Waals surface area contributed by atoms with E-state index in [4.69, 9.17) is 14.7 Å². The van der Waals surface area contributed by atoms with Gasteiger partial charge in [0.2, 0.25) is 5.95 Å². The first-order valence-electron chi connectivity index (χ1n) is 13.4. The molecule has 0 amide bonds. The molecular formula is C29H35FN6OS2. The van der Waals surface area contributed by atoms with Crippen LogP contribution < -0.4 is 15.0 Å². The largest absolute Gasteiger partial charge is 0.494 e. The number of piperazine rings is 1. The second kappa shape index (κ2) is 14.8. The lowest BCUT2D eigenvalue weighted by molar-refractivity contribution is 0.309. The number of aromatic nitrogens is 3. The van der Waals surface area contributed by atoms with Crippen LogP contribution in [0.15, 0.2) is 71.2 Å². The second-order valence-corrected chi connectivity index (χ2v) is 10.7. The smallest absolute Gasteiger partial charge is 0.228 e. The normalized spacial score (nSPS) is 13.5. The van der Waals surface area contributed by atoms with Crippen molar-refractivity contribution < 1.29 is 9.13 Å². The van der Waals surface area contributed by atoms with Crippen LogP contribution in [0.2, 0.25) is 0 Å². The Bertz CT molecular complexity index is 1260. The minimum atomic E-state index is -0.272. The summed E-state index contributed by atoms with van der Waals surface area (Å²) >= 11 is 3.31. The van der Waals surface area contributed by atoms with Gasteiger partial charge in [-0.05, 0) is 66.9 Å². The molecule has 1 N–H and O–H groups in total. The predicted octanol–water partition coefficient (Wildman–Crippen LogP) is 7.52. The van der Waals surface area contributed by atoms with E-state index in [1.165, 1.54) is 28.4 Å². The number of nitrogens with one attached hydrogen (secondary N) is 1. The highest BCUT2D eigenvalue weighted by atomic mass is 32.2. The van der Waals surface area contributed by atoms with Gasteiger partial charge in [0.05, 0.1) is 22.7 Å². The highest BCUT2D eigenvalue weighted by Gasteiger charge is 2.21. The van der Waals surface area contributed by atoms with Crippen LogP contribution in [0, 0.1) is 5.82 Å². The fraction of sp³-hybridized carbons (Fsp3) is 0.345. The zero-order valence-electron chi connectivity index (χ0n) is 22.6. The number of hydrogen-bond acceptors (Lipinski definition) is 9. The first kappa shape index (κ1) is 28.8. The average molecular weight is 567 g/mol. The molecule has 206 valence electrons. The van der Waals surface area contributed by atoms with E-state index in [-0.39, 0.29) is 5.82 Å². The van der Waals surface area contributed by atoms with Crippen molar-refractivity contribution in [2.75, 3.05) is 43.0 Å². The van der Waals surface area contributed by atoms with E-state index in [1.54, 1.807) is 29.6 Å². The van der Waals surface area contributed by atoms with Crippen LogP contribution in [-0.4, -0.2) is 52.0 Å². The van der Waals surface area contributed by atoms with Crippen LogP contribution in [0.4, 0.5) is 21.8 Å². The number of nitrogens with zero attached hydrogens (tertiary/aromatic N) is 5. The molecule has 4 aromatic rings. The number of anilines is 3. The van der Waals surface area contributed by atoms with Crippen molar-refractivity contribution in [3.8, 4) is 16.3 Å². The number of unbranched alkanes of at least 4 members (excludes halogenated alkanes) is 1. The van der Waals surface area contributed by atoms with Crippen LogP contribution in [0.1, 0.15) is 33.6 Å². The summed E-state index contributed by atoms with van der Waals surface area (Å²) in [5.41, 5.74) is 3.38. The Kier molecular flexibility index (Phi) is 10.9. The molecule has 2 aromatic heterocycles. The summed E-state index contributed by atoms with van der Waals surface area (Å²) in [4.78, 5) is 18.2. The maximum absolute atomic E-state index is 13.3. The maximum atomic E-state index is 13.3. The molecule has 0 atom stereocenters. The number of benzene rings is 2. The van der Waals surface area contributed by atoms with Crippen molar-refractivity contribution in [2.24, 2.45) is 0 Å². The van der Waals surface area contributed by atoms with Crippen LogP contribution >= 0.6 is 23.3 Å². The lowest BCUT2D eigenvalue weighted by Crippen LogP contribution is -2.44. The molecule has 1 fully saturated rings. The lowest BCUT2D eigenvalue weighted by atomic mass is 10.3. The van der Waals surface area contributed by atoms with E-state index in [1.807, 2.05) is 38.2 Å². The van der Waals surface area contributed by atoms with Crippen molar-refractivity contribution in [3.63, 3.8) is 0 Å². The zero-order valence-corrected chi connectivity index (χ0v) is 24.3. The Morgan fingerprint density at radius 2 is 1.74 bits per heavy atom. The zero-order chi connectivity index (χ0) is 27.5. The molecule has 10 heteroatoms. The SMILES string of the molecule is CC.CCCCOc1ccc(SN2CCN(c3nc(Nc4ccc(F)cc4)cc(-c4cncs4)n3)CC2)cc1. The average Bonchev–Trinajstić information content (AvgIpc) is 3.52. The fourth-order valence-electron chi connectivity index (χ4n) is 3.85. The van der Waals surface area contributed by atoms with Crippen molar-refractivity contribution in [1.29, 1.82) is 0 Å². The number of halogens is 1. The molecule has 39 heavy (non-hydrogen) atoms. The van der Waals surface area contributed by atoms with Crippen LogP contribution in [0.5, 0.6) is 5.75 Å². The molecule has 3 heterocycles. The third kappa shape index (κ3) is 8.39. The van der Waals surface area contributed by atoms with Gasteiger partial charge in [-0.1, -0.05) is 27.2 Å². The summed E-state index contributed by atoms with van der Waals surface area (Å²) < 4.78 is 21.5. The van der Waals surface area contributed by atoms with Crippen molar-refractivity contribution in [2.45, 2.75) is 38.5 Å². The Balaban J connectivity index is 0.00000172. The van der Waals surface area contributed by atoms with Gasteiger partial charge in [0.25, 0.3) is 0 Å². The van der Waals surface area contributed by atoms with Gasteiger partial charge in [0, 0.05) is 49.0 Å². The van der Waals surface area contributed by atoms with Crippen LogP contribution in [0.3, 0.4) is 0 Å². The molecule has 1 aliphatic rings. The summed E-state index contributed by atoms with van der Waals surface area (Å²) in [6.07, 6.45) is 4.02. The summed E-state index contributed by atoms with van der Waals surface area (Å²) in [6, 6.07) is 16.5. The molecule has 0 unspecified atom stereocenters. The summed E-state index contributed by atoms with van der Waals surface area (Å²) in [7, 11) is 0. The quantitative estimate of drug-likeness (QED) is 0.156. The molecule has 0 radical (unpaired) electrons. The number of hydrogen-bond donors (Lipinski definition) is 1. The Morgan fingerprint density at radius 3 is 2.41 bits per heavy atom. The molecule has 2 aromatic carbocycles. The Hall–Kier alpha value is -3.21. The van der Waals surface area contributed by atoms with Gasteiger partial charge in [0.15, 0.2) is 0 Å². The van der Waals surface area contributed by atoms with Crippen LogP contribution in [0.25, 0.3) is 10.6 Å². The molecule has 0 spiro atoms. The third-order valence-electron chi connectivity index (χ3n) is 5.86. The van der Waals surface area contributed by atoms with E-state index in [9.17, 15) is 4.39 Å². The van der Waals surface area contributed by atoms with E-state index in [2.05, 4.69) is 38.6 Å². The van der Waals surface area contributed by atoms with Gasteiger partial charge >= 0.3 is 0 Å². The summed E-state index contributed by atoms with van der Waals surface area (Å²) in [5, 5.41) is 3.29. The van der Waals surface area contributed by atoms with Crippen molar-refractivity contribution in [3.05, 3.63) is 72.1 Å². The van der Waals surface area contributed by atoms with Gasteiger partial charge in [-0.3, -0.25) is 4.98 Å². The van der Waals surface area contributed by atoms with Gasteiger partial charge in [-0.25, -0.2) is 13.7 Å². The second-order valence-electron chi connectivity index (χ2n) is 8.62. The standard InChI is InChI=1S/C27H29FN6OS2.C2H6/c1-2-3-16-35-22-8-10-23(11-9-22)37-34-14-12-33(13-15-34)27-31-24(25-18-29-19-36-25)17-26(32-27)30-21-6-4-20(28)5-7-21;1-2/h4-11,17-19H,2-3,12-16H2,1H3,(H,30,31,32);1-2H3. The van der Waals surface area contributed by atoms with E-state index < -0.39 is 0 Å². The molecule has 1 saturated heterocycles. The molecule has 0 aliphatic carbocycles. The van der Waals surface area contributed by atoms with E-state index in [0.717, 1.165) is 67.6 Å². The minimum Gasteiger partial charge on any atom is -0.494 e. The minimum absolute atomic E-state index is 0.272. The first-order valence-corrected chi connectivity index (χ1v) is 15.0. The summed E-state index contributed by atoms with van der Waals surface area (Å²) in [6.45, 7) is 10.3. The van der Waals surface area contributed by atoms with Gasteiger partial charge in [-0.15, -0.1) is 11.3 Å². The topological polar surface area (TPSA) is 66.4 Å². The van der Waals surface area contributed by atoms with Crippen molar-refractivity contribution >= 4 is 40.7 Å². The lowest BCUT2D eigenvalue weighted by Gasteiger charge is -2.34. The number of ether oxygens (including phenoxy) is 1. The van der Waals surface area contributed by atoms with Gasteiger partial charge < -0.3 is 15.0 Å². The molecule has 5 rings (SSSR count). The molecular weight excluding hydrogens is 531 g/mol. The Morgan fingerprint density at radius 1 is 1.00 bits per heavy atom. The van der Waals surface area contributed by atoms with Gasteiger partial charge in [0.1, 0.15) is 17.4 Å². The Labute approximate surface area is 238 Å². The van der Waals surface area contributed by atoms with Crippen molar-refractivity contribution in [1.82, 2.24) is 19.3 Å². The monoisotopic (exact) mass is 566 g/mol. The van der Waals surface area contributed by atoms with E-state index >= 15 is 0 Å². The molecule has 7 nitrogen and oxygen atoms in total. The van der Waals surface area contributed by atoms with Gasteiger partial charge in [-0.2, -0.15) is 4.98 Å². The van der Waals surface area contributed by atoms with E-state index in [0.29, 0.717) is 11.8 Å². The molecule has 0 bridgehead atoms. The molecule has 1 aliphatic heterocycles. The number of rotatable bonds is 10. The first-order chi connectivity index (χ1) is 19.2. The predicted molar refractivity (Wildman–Crippen MR) is 161 cm³/mol.